The van der Waals surface area contributed by atoms with Crippen molar-refractivity contribution < 1.29 is 29.0 Å². The van der Waals surface area contributed by atoms with Crippen LogP contribution in [0.5, 0.6) is 0 Å². The van der Waals surface area contributed by atoms with E-state index in [0.717, 1.165) is 13.8 Å². The van der Waals surface area contributed by atoms with Crippen LogP contribution in [0, 0.1) is 0 Å². The summed E-state index contributed by atoms with van der Waals surface area (Å²) >= 11 is 0. The molecule has 0 saturated carbocycles. The molecule has 0 saturated heterocycles. The van der Waals surface area contributed by atoms with Crippen LogP contribution >= 0.6 is 0 Å². The first-order valence-corrected chi connectivity index (χ1v) is 6.64. The number of carbonyl (C=O) groups excluding carboxylic acids is 4. The van der Waals surface area contributed by atoms with Crippen LogP contribution < -0.4 is 0 Å². The third-order valence-electron chi connectivity index (χ3n) is 4.08. The Morgan fingerprint density at radius 1 is 1.05 bits per heavy atom. The molecule has 1 atom stereocenters. The molecule has 0 spiro atoms. The van der Waals surface area contributed by atoms with E-state index in [0.29, 0.717) is 5.56 Å². The van der Waals surface area contributed by atoms with Crippen LogP contribution in [0.2, 0.25) is 0 Å². The molecule has 1 aliphatic carbocycles. The summed E-state index contributed by atoms with van der Waals surface area (Å²) in [5, 5.41) is 10.4. The molecule has 112 valence electrons. The van der Waals surface area contributed by atoms with Gasteiger partial charge in [-0.25, -0.2) is 0 Å². The number of Topliss-reactive ketones (excluding diaryl/α,β-unsaturated/α-hetero) is 4. The molecule has 0 aromatic heterocycles. The van der Waals surface area contributed by atoms with Gasteiger partial charge in [0, 0.05) is 11.1 Å². The van der Waals surface area contributed by atoms with Gasteiger partial charge >= 0.3 is 0 Å². The van der Waals surface area contributed by atoms with Gasteiger partial charge in [0.25, 0.3) is 5.60 Å². The van der Waals surface area contributed by atoms with Gasteiger partial charge in [0.05, 0.1) is 5.57 Å². The normalized spacial score (nSPS) is 22.0. The third kappa shape index (κ3) is 1.52. The van der Waals surface area contributed by atoms with Gasteiger partial charge in [-0.3, -0.25) is 19.2 Å². The highest BCUT2D eigenvalue weighted by Crippen LogP contribution is 2.44. The maximum Gasteiger partial charge on any atom is 0.253 e. The average Bonchev–Trinajstić information content (AvgIpc) is 2.80. The smallest absolute Gasteiger partial charge is 0.253 e. The van der Waals surface area contributed by atoms with Gasteiger partial charge < -0.3 is 9.84 Å². The summed E-state index contributed by atoms with van der Waals surface area (Å²) in [5.41, 5.74) is -2.07. The van der Waals surface area contributed by atoms with Gasteiger partial charge in [0.2, 0.25) is 11.6 Å². The summed E-state index contributed by atoms with van der Waals surface area (Å²) in [7, 11) is 0. The lowest BCUT2D eigenvalue weighted by Crippen LogP contribution is -2.54. The maximum atomic E-state index is 12.2. The van der Waals surface area contributed by atoms with Crippen LogP contribution in [0.25, 0.3) is 5.76 Å². The molecule has 0 amide bonds. The molecule has 1 aromatic rings. The van der Waals surface area contributed by atoms with Gasteiger partial charge in [0.15, 0.2) is 11.6 Å². The average molecular weight is 300 g/mol. The Bertz CT molecular complexity index is 772. The lowest BCUT2D eigenvalue weighted by molar-refractivity contribution is -0.153. The molecule has 22 heavy (non-hydrogen) atoms. The van der Waals surface area contributed by atoms with Crippen molar-refractivity contribution >= 4 is 28.9 Å². The molecule has 6 heteroatoms. The fraction of sp³-hybridized carbons (Fsp3) is 0.250. The van der Waals surface area contributed by atoms with Crippen molar-refractivity contribution in [2.24, 2.45) is 0 Å². The van der Waals surface area contributed by atoms with Gasteiger partial charge in [-0.1, -0.05) is 24.3 Å². The van der Waals surface area contributed by atoms with Crippen molar-refractivity contribution in [3.8, 4) is 0 Å². The van der Waals surface area contributed by atoms with Crippen LogP contribution in [0.1, 0.15) is 29.8 Å². The third-order valence-corrected chi connectivity index (χ3v) is 4.08. The Kier molecular flexibility index (Phi) is 2.90. The number of ether oxygens (including phenoxy) is 1. The second kappa shape index (κ2) is 4.45. The molecule has 2 aliphatic rings. The molecule has 1 aliphatic heterocycles. The van der Waals surface area contributed by atoms with Crippen LogP contribution in [-0.4, -0.2) is 39.9 Å². The Hall–Kier alpha value is -2.60. The lowest BCUT2D eigenvalue weighted by atomic mass is 9.81. The van der Waals surface area contributed by atoms with Gasteiger partial charge in [-0.15, -0.1) is 0 Å². The minimum absolute atomic E-state index is 0.0712. The number of hydrogen-bond acceptors (Lipinski definition) is 6. The Morgan fingerprint density at radius 3 is 2.14 bits per heavy atom. The predicted molar refractivity (Wildman–Crippen MR) is 73.9 cm³/mol. The number of fused-ring (bicyclic) bond motifs is 2. The Labute approximate surface area is 125 Å². The second-order valence-electron chi connectivity index (χ2n) is 5.30. The Morgan fingerprint density at radius 2 is 1.59 bits per heavy atom. The molecule has 1 unspecified atom stereocenters. The standard InChI is InChI=1S/C16H12O6/c1-7(17)16(8(2)18)15(21)11-13(20)12(19)9-5-3-4-6-10(9)14(11)22-16/h3-6,15,21H,1-2H3. The summed E-state index contributed by atoms with van der Waals surface area (Å²) in [6.07, 6.45) is -1.79. The second-order valence-corrected chi connectivity index (χ2v) is 5.30. The zero-order valence-electron chi connectivity index (χ0n) is 11.9. The fourth-order valence-corrected chi connectivity index (χ4v) is 2.93. The van der Waals surface area contributed by atoms with Crippen molar-refractivity contribution in [3.63, 3.8) is 0 Å². The summed E-state index contributed by atoms with van der Waals surface area (Å²) in [6, 6.07) is 6.21. The number of rotatable bonds is 2. The molecule has 0 radical (unpaired) electrons. The Balaban J connectivity index is 2.27. The topological polar surface area (TPSA) is 97.7 Å². The lowest BCUT2D eigenvalue weighted by Gasteiger charge is -2.27. The zero-order chi connectivity index (χ0) is 16.2. The van der Waals surface area contributed by atoms with E-state index in [2.05, 4.69) is 0 Å². The van der Waals surface area contributed by atoms with E-state index in [-0.39, 0.29) is 16.9 Å². The molecule has 1 N–H and O–H groups in total. The number of benzene rings is 1. The van der Waals surface area contributed by atoms with E-state index in [9.17, 15) is 24.3 Å². The fourth-order valence-electron chi connectivity index (χ4n) is 2.93. The zero-order valence-corrected chi connectivity index (χ0v) is 11.9. The maximum absolute atomic E-state index is 12.2. The number of aliphatic hydroxyl groups excluding tert-OH is 1. The minimum atomic E-state index is -2.17. The van der Waals surface area contributed by atoms with Crippen LogP contribution in [-0.2, 0) is 19.1 Å². The molecule has 1 heterocycles. The van der Waals surface area contributed by atoms with Crippen molar-refractivity contribution in [2.45, 2.75) is 25.6 Å². The first-order valence-electron chi connectivity index (χ1n) is 6.64. The summed E-state index contributed by atoms with van der Waals surface area (Å²) in [4.78, 5) is 48.2. The van der Waals surface area contributed by atoms with E-state index in [1.54, 1.807) is 12.1 Å². The molecule has 6 nitrogen and oxygen atoms in total. The summed E-state index contributed by atoms with van der Waals surface area (Å²) in [6.45, 7) is 2.20. The predicted octanol–water partition coefficient (Wildman–Crippen LogP) is 0.471. The highest BCUT2D eigenvalue weighted by molar-refractivity contribution is 6.53. The van der Waals surface area contributed by atoms with Crippen molar-refractivity contribution in [2.75, 3.05) is 0 Å². The molecule has 3 rings (SSSR count). The van der Waals surface area contributed by atoms with E-state index in [4.69, 9.17) is 4.74 Å². The van der Waals surface area contributed by atoms with E-state index < -0.39 is 34.8 Å². The first kappa shape index (κ1) is 14.3. The molecular weight excluding hydrogens is 288 g/mol. The molecule has 1 aromatic carbocycles. The summed E-state index contributed by atoms with van der Waals surface area (Å²) < 4.78 is 5.49. The highest BCUT2D eigenvalue weighted by Gasteiger charge is 2.60. The highest BCUT2D eigenvalue weighted by atomic mass is 16.5. The number of aliphatic hydroxyl groups is 1. The van der Waals surface area contributed by atoms with Crippen LogP contribution in [0.15, 0.2) is 29.8 Å². The van der Waals surface area contributed by atoms with Gasteiger partial charge in [0.1, 0.15) is 11.9 Å². The van der Waals surface area contributed by atoms with Crippen molar-refractivity contribution in [3.05, 3.63) is 41.0 Å². The van der Waals surface area contributed by atoms with Crippen molar-refractivity contribution in [1.29, 1.82) is 0 Å². The molecule has 0 bridgehead atoms. The van der Waals surface area contributed by atoms with E-state index in [1.807, 2.05) is 0 Å². The van der Waals surface area contributed by atoms with Crippen LogP contribution in [0.4, 0.5) is 0 Å². The van der Waals surface area contributed by atoms with Gasteiger partial charge in [-0.05, 0) is 13.8 Å². The number of carbonyl (C=O) groups is 4. The number of hydrogen-bond donors (Lipinski definition) is 1. The SMILES string of the molecule is CC(=O)C1(C(C)=O)OC2=C(C(=O)C(=O)c3ccccc32)C1O. The quantitative estimate of drug-likeness (QED) is 0.630. The first-order chi connectivity index (χ1) is 10.3. The molecular formula is C16H12O6. The molecule has 0 fully saturated rings. The van der Waals surface area contributed by atoms with Crippen molar-refractivity contribution in [1.82, 2.24) is 0 Å². The number of ketones is 4. The van der Waals surface area contributed by atoms with Gasteiger partial charge in [-0.2, -0.15) is 0 Å². The van der Waals surface area contributed by atoms with Crippen LogP contribution in [0.3, 0.4) is 0 Å². The largest absolute Gasteiger partial charge is 0.467 e. The summed E-state index contributed by atoms with van der Waals surface area (Å²) in [5.74, 6) is -3.26. The minimum Gasteiger partial charge on any atom is -0.467 e. The monoisotopic (exact) mass is 300 g/mol. The van der Waals surface area contributed by atoms with E-state index in [1.165, 1.54) is 12.1 Å². The van der Waals surface area contributed by atoms with E-state index >= 15 is 0 Å².